The van der Waals surface area contributed by atoms with Gasteiger partial charge in [-0.25, -0.2) is 39.9 Å². The van der Waals surface area contributed by atoms with Crippen LogP contribution in [0.3, 0.4) is 0 Å². The summed E-state index contributed by atoms with van der Waals surface area (Å²) in [5, 5.41) is 19.9. The van der Waals surface area contributed by atoms with E-state index in [2.05, 4.69) is 225 Å². The summed E-state index contributed by atoms with van der Waals surface area (Å²) in [6.45, 7) is 7.95. The first-order chi connectivity index (χ1) is 59.7. The molecule has 23 nitrogen and oxygen atoms in total. The van der Waals surface area contributed by atoms with Crippen LogP contribution in [0, 0.1) is 6.92 Å². The van der Waals surface area contributed by atoms with Crippen LogP contribution in [-0.4, -0.2) is 106 Å². The van der Waals surface area contributed by atoms with Crippen LogP contribution in [0.15, 0.2) is 295 Å². The molecule has 596 valence electrons. The number of furan rings is 1. The number of hydrogen-bond donors (Lipinski definition) is 8. The number of aromatic amines is 4. The Kier molecular flexibility index (Phi) is 22.3. The number of hydrogen-bond acceptors (Lipinski definition) is 20. The lowest BCUT2D eigenvalue weighted by molar-refractivity contribution is 0.342. The number of nitrogens with one attached hydrogen (secondary N) is 8. The molecule has 0 fully saturated rings. The van der Waals surface area contributed by atoms with Crippen molar-refractivity contribution in [1.29, 1.82) is 0 Å². The fourth-order valence-corrected chi connectivity index (χ4v) is 15.9. The number of aryl methyl sites for hydroxylation is 1. The molecule has 10 aromatic heterocycles. The van der Waals surface area contributed by atoms with Gasteiger partial charge in [0.15, 0.2) is 0 Å². The van der Waals surface area contributed by atoms with Crippen LogP contribution in [0.2, 0.25) is 0 Å². The van der Waals surface area contributed by atoms with Crippen LogP contribution in [0.25, 0.3) is 111 Å². The van der Waals surface area contributed by atoms with Crippen molar-refractivity contribution in [1.82, 2.24) is 59.8 Å². The molecule has 0 radical (unpaired) electrons. The monoisotopic (exact) mass is 1610 g/mol. The zero-order valence-corrected chi connectivity index (χ0v) is 67.6. The van der Waals surface area contributed by atoms with E-state index in [0.29, 0.717) is 31.4 Å². The summed E-state index contributed by atoms with van der Waals surface area (Å²) in [7, 11) is 3.34. The van der Waals surface area contributed by atoms with Crippen molar-refractivity contribution in [2.75, 3.05) is 55.2 Å². The minimum absolute atomic E-state index is 0.579. The van der Waals surface area contributed by atoms with E-state index in [1.165, 1.54) is 27.2 Å². The number of nitrogens with zero attached hydrogens (tertiary/aromatic N) is 10. The number of thiophene rings is 1. The van der Waals surface area contributed by atoms with Gasteiger partial charge in [-0.2, -0.15) is 0 Å². The van der Waals surface area contributed by atoms with Gasteiger partial charge in [-0.15, -0.1) is 11.3 Å². The number of anilines is 8. The Labute approximate surface area is 700 Å². The van der Waals surface area contributed by atoms with Crippen molar-refractivity contribution in [3.05, 3.63) is 308 Å². The lowest BCUT2D eigenvalue weighted by atomic mass is 10.0. The third kappa shape index (κ3) is 16.4. The van der Waals surface area contributed by atoms with Crippen LogP contribution in [-0.2, 0) is 6.42 Å². The first-order valence-corrected chi connectivity index (χ1v) is 40.6. The zero-order chi connectivity index (χ0) is 82.0. The van der Waals surface area contributed by atoms with E-state index < -0.39 is 0 Å². The molecular formula is C97H82N18O5S. The lowest BCUT2D eigenvalue weighted by Crippen LogP contribution is -2.02. The number of H-pyrrole nitrogens is 4. The smallest absolute Gasteiger partial charge is 0.144 e. The highest BCUT2D eigenvalue weighted by Gasteiger charge is 2.23. The number of aliphatic imine (C=N–C) groups is 2. The lowest BCUT2D eigenvalue weighted by Gasteiger charge is -2.15. The van der Waals surface area contributed by atoms with Gasteiger partial charge in [0.2, 0.25) is 0 Å². The second-order valence-electron chi connectivity index (χ2n) is 28.5. The van der Waals surface area contributed by atoms with E-state index in [1.54, 1.807) is 63.4 Å². The summed E-state index contributed by atoms with van der Waals surface area (Å²) in [6.07, 6.45) is 39.3. The number of benzene rings is 7. The maximum absolute atomic E-state index is 5.89. The van der Waals surface area contributed by atoms with Gasteiger partial charge in [-0.05, 0) is 179 Å². The fourth-order valence-electron chi connectivity index (χ4n) is 15.2. The van der Waals surface area contributed by atoms with Crippen molar-refractivity contribution in [2.45, 2.75) is 40.0 Å². The van der Waals surface area contributed by atoms with Gasteiger partial charge >= 0.3 is 0 Å². The molecular weight excluding hydrogens is 1530 g/mol. The number of aromatic nitrogens is 12. The average Bonchev–Trinajstić information content (AvgIpc) is 1.65. The fraction of sp³-hybridized carbons (Fsp3) is 0.113. The number of fused-ring (bicyclic) bond motifs is 5. The van der Waals surface area contributed by atoms with Gasteiger partial charge in [-0.1, -0.05) is 134 Å². The molecule has 17 aromatic rings. The summed E-state index contributed by atoms with van der Waals surface area (Å²) in [5.41, 5.74) is 26.3. The van der Waals surface area contributed by atoms with E-state index in [-0.39, 0.29) is 0 Å². The number of allylic oxidation sites excluding steroid dienone is 9. The normalized spacial score (nSPS) is 12.8. The minimum atomic E-state index is 0.579. The molecule has 0 saturated carbocycles. The van der Waals surface area contributed by atoms with Crippen LogP contribution < -0.4 is 40.2 Å². The van der Waals surface area contributed by atoms with Crippen LogP contribution >= 0.6 is 11.3 Å². The first kappa shape index (κ1) is 76.7. The molecule has 0 saturated heterocycles. The minimum Gasteiger partial charge on any atom is -0.495 e. The third-order valence-corrected chi connectivity index (χ3v) is 21.9. The van der Waals surface area contributed by atoms with Gasteiger partial charge in [0.05, 0.1) is 102 Å². The molecule has 0 atom stereocenters. The summed E-state index contributed by atoms with van der Waals surface area (Å²) in [6, 6.07) is 55.5. The maximum atomic E-state index is 5.89. The number of rotatable bonds is 22. The van der Waals surface area contributed by atoms with Crippen molar-refractivity contribution in [3.63, 3.8) is 0 Å². The molecule has 24 heteroatoms. The van der Waals surface area contributed by atoms with E-state index in [0.717, 1.165) is 199 Å². The topological polar surface area (TPSA) is 289 Å². The summed E-state index contributed by atoms with van der Waals surface area (Å²) < 4.78 is 28.2. The molecule has 12 heterocycles. The Morgan fingerprint density at radius 1 is 0.421 bits per heavy atom. The highest BCUT2D eigenvalue weighted by molar-refractivity contribution is 7.10. The Bertz CT molecular complexity index is 6690. The predicted molar refractivity (Wildman–Crippen MR) is 488 cm³/mol. The highest BCUT2D eigenvalue weighted by atomic mass is 32.1. The maximum Gasteiger partial charge on any atom is 0.144 e. The highest BCUT2D eigenvalue weighted by Crippen LogP contribution is 2.44. The van der Waals surface area contributed by atoms with E-state index in [9.17, 15) is 0 Å². The van der Waals surface area contributed by atoms with E-state index >= 15 is 0 Å². The van der Waals surface area contributed by atoms with Gasteiger partial charge in [0, 0.05) is 70.1 Å². The van der Waals surface area contributed by atoms with E-state index in [1.807, 2.05) is 136 Å². The molecule has 0 amide bonds. The van der Waals surface area contributed by atoms with Crippen LogP contribution in [0.5, 0.6) is 23.0 Å². The molecule has 0 spiro atoms. The van der Waals surface area contributed by atoms with Gasteiger partial charge < -0.3 is 64.6 Å². The Hall–Kier alpha value is -15.6. The standard InChI is InChI=1S/C25H19N5O2.C25H22N4O.C24H21N5O.C23H20N4OS/c1-31-22-5-3-15(18-7-9-32-13-18)11-21(22)30-25-23-19(12-27-24(23)28-14-29-25)16-2-4-20-17(10-16)6-8-26-20;1-2-30-22-13-12-19(17-8-4-3-5-9-17)14-21(22)29-25-23-20(18-10-6-7-11-18)15-26-24(23)27-16-28-25;1-2-30-21-11-10-17(16-7-4-3-5-8-16)13-20(21)29-24-22-18(19-9-6-12-25-19)14-26-23(22)27-15-28-24;1-14-9-17(12-29-14)16-7-8-20(28-2)19(10-16)27-23-21-18(15-5-3-4-6-15)11-24-22(21)25-13-26-23/h2-5,7-14H,6H2,1H3,(H2,27,28,29,30);3-6,8-16H,2,7H2,1H3,(H2,26,27,28,29);3-11,13-15H,2,12H2,1H3,(H2,26,27,28,29);3,5-13H,4H2,1-2H3,(H2,24,25,26,27). The average molecular weight is 1610 g/mol. The second kappa shape index (κ2) is 35.1. The summed E-state index contributed by atoms with van der Waals surface area (Å²) >= 11 is 1.75. The van der Waals surface area contributed by atoms with Gasteiger partial charge in [0.1, 0.15) is 94.2 Å². The summed E-state index contributed by atoms with van der Waals surface area (Å²) in [4.78, 5) is 59.1. The Morgan fingerprint density at radius 2 is 0.868 bits per heavy atom. The molecule has 4 aliphatic rings. The predicted octanol–water partition coefficient (Wildman–Crippen LogP) is 23.2. The molecule has 0 bridgehead atoms. The van der Waals surface area contributed by atoms with Crippen molar-refractivity contribution < 1.29 is 23.4 Å². The Balaban J connectivity index is 0.000000111. The van der Waals surface area contributed by atoms with Gasteiger partial charge in [0.25, 0.3) is 0 Å². The third-order valence-electron chi connectivity index (χ3n) is 21.0. The summed E-state index contributed by atoms with van der Waals surface area (Å²) in [5.74, 6) is 5.98. The van der Waals surface area contributed by atoms with Gasteiger partial charge in [-0.3, -0.25) is 9.98 Å². The van der Waals surface area contributed by atoms with Crippen molar-refractivity contribution >= 4 is 130 Å². The molecule has 8 N–H and O–H groups in total. The SMILES string of the molecule is CCOc1ccc(-c2ccccc2)cc1Nc1ncnc2[nH]cc(C3=CCC=C3)c12.CCOc1ccc(-c2ccccc2)cc1Nc1ncnc2[nH]cc(C3=NCC=C3)c12.COc1ccc(-c2ccoc2)cc1Nc1ncnc2[nH]cc(-c3ccc4c(c3)CC=N4)c12.COc1ccc(-c2csc(C)c2)cc1Nc1ncnc2[nH]cc(C3=CCC=C3)c12. The molecule has 7 aromatic carbocycles. The molecule has 21 rings (SSSR count). The van der Waals surface area contributed by atoms with Crippen molar-refractivity contribution in [2.24, 2.45) is 9.98 Å². The van der Waals surface area contributed by atoms with Crippen LogP contribution in [0.1, 0.15) is 53.8 Å². The molecule has 0 unspecified atom stereocenters. The number of methoxy groups -OCH3 is 2. The second-order valence-corrected chi connectivity index (χ2v) is 29.6. The van der Waals surface area contributed by atoms with E-state index in [4.69, 9.17) is 23.4 Å². The Morgan fingerprint density at radius 3 is 1.31 bits per heavy atom. The largest absolute Gasteiger partial charge is 0.495 e. The molecule has 121 heavy (non-hydrogen) atoms. The zero-order valence-electron chi connectivity index (χ0n) is 66.8. The molecule has 2 aliphatic heterocycles. The van der Waals surface area contributed by atoms with Crippen LogP contribution in [0.4, 0.5) is 51.7 Å². The quantitative estimate of drug-likeness (QED) is 0.0313. The van der Waals surface area contributed by atoms with Crippen molar-refractivity contribution in [3.8, 4) is 78.6 Å². The molecule has 2 aliphatic carbocycles. The number of ether oxygens (including phenoxy) is 4. The first-order valence-electron chi connectivity index (χ1n) is 39.8.